The Morgan fingerprint density at radius 3 is 2.40 bits per heavy atom. The van der Waals surface area contributed by atoms with Crippen LogP contribution >= 0.6 is 11.3 Å². The number of aliphatic hydroxyl groups excluding tert-OH is 1. The summed E-state index contributed by atoms with van der Waals surface area (Å²) in [4.78, 5) is 17.1. The number of thiazole rings is 1. The van der Waals surface area contributed by atoms with Gasteiger partial charge in [-0.3, -0.25) is 4.79 Å². The van der Waals surface area contributed by atoms with E-state index in [9.17, 15) is 18.7 Å². The number of rotatable bonds is 10. The highest BCUT2D eigenvalue weighted by Crippen LogP contribution is 2.27. The zero-order chi connectivity index (χ0) is 22.5. The molecule has 2 aromatic rings. The van der Waals surface area contributed by atoms with E-state index < -0.39 is 29.3 Å². The van der Waals surface area contributed by atoms with Gasteiger partial charge in [0.05, 0.1) is 17.2 Å². The van der Waals surface area contributed by atoms with E-state index in [0.717, 1.165) is 22.4 Å². The number of amides is 1. The topological polar surface area (TPSA) is 74.2 Å². The maximum atomic E-state index is 13.5. The summed E-state index contributed by atoms with van der Waals surface area (Å²) in [6.45, 7) is 9.83. The van der Waals surface area contributed by atoms with Crippen LogP contribution in [-0.2, 0) is 23.2 Å². The van der Waals surface area contributed by atoms with Gasteiger partial charge in [0, 0.05) is 42.6 Å². The van der Waals surface area contributed by atoms with E-state index in [0.29, 0.717) is 11.5 Å². The fourth-order valence-corrected chi connectivity index (χ4v) is 4.37. The Hall–Kier alpha value is -1.90. The smallest absolute Gasteiger partial charge is 0.217 e. The first-order valence-electron chi connectivity index (χ1n) is 10.1. The van der Waals surface area contributed by atoms with Crippen molar-refractivity contribution in [1.29, 1.82) is 0 Å². The Labute approximate surface area is 180 Å². The molecule has 3 N–H and O–H groups in total. The average molecular weight is 440 g/mol. The predicted molar refractivity (Wildman–Crippen MR) is 115 cm³/mol. The van der Waals surface area contributed by atoms with Crippen LogP contribution in [0.2, 0.25) is 0 Å². The molecule has 2 atom stereocenters. The molecule has 5 nitrogen and oxygen atoms in total. The van der Waals surface area contributed by atoms with Crippen LogP contribution in [0, 0.1) is 17.6 Å². The Morgan fingerprint density at radius 2 is 1.83 bits per heavy atom. The molecule has 30 heavy (non-hydrogen) atoms. The van der Waals surface area contributed by atoms with Gasteiger partial charge in [-0.25, -0.2) is 13.8 Å². The number of halogens is 2. The predicted octanol–water partition coefficient (Wildman–Crippen LogP) is 3.55. The largest absolute Gasteiger partial charge is 0.390 e. The number of carbonyl (C=O) groups excluding carboxylic acids is 1. The van der Waals surface area contributed by atoms with Crippen LogP contribution in [0.15, 0.2) is 24.4 Å². The van der Waals surface area contributed by atoms with E-state index in [2.05, 4.69) is 29.5 Å². The molecule has 0 bridgehead atoms. The molecule has 0 saturated carbocycles. The quantitative estimate of drug-likeness (QED) is 0.529. The number of benzene rings is 1. The normalized spacial score (nSPS) is 14.0. The summed E-state index contributed by atoms with van der Waals surface area (Å²) >= 11 is 1.64. The maximum Gasteiger partial charge on any atom is 0.217 e. The van der Waals surface area contributed by atoms with Gasteiger partial charge in [-0.1, -0.05) is 13.8 Å². The summed E-state index contributed by atoms with van der Waals surface area (Å²) < 4.78 is 27.0. The monoisotopic (exact) mass is 439 g/mol. The minimum atomic E-state index is -0.956. The lowest BCUT2D eigenvalue weighted by Crippen LogP contribution is -2.50. The van der Waals surface area contributed by atoms with Crippen LogP contribution in [0.3, 0.4) is 0 Å². The number of nitrogens with one attached hydrogen (secondary N) is 2. The molecule has 0 saturated heterocycles. The first kappa shape index (κ1) is 24.4. The van der Waals surface area contributed by atoms with Crippen molar-refractivity contribution in [3.05, 3.63) is 51.5 Å². The van der Waals surface area contributed by atoms with E-state index in [1.165, 1.54) is 19.1 Å². The molecular formula is C22H31F2N3O2S. The average Bonchev–Trinajstić information content (AvgIpc) is 3.06. The lowest BCUT2D eigenvalue weighted by molar-refractivity contribution is -0.120. The summed E-state index contributed by atoms with van der Waals surface area (Å²) in [7, 11) is 0. The van der Waals surface area contributed by atoms with E-state index in [1.807, 2.05) is 20.0 Å². The van der Waals surface area contributed by atoms with Crippen LogP contribution in [-0.4, -0.2) is 34.7 Å². The lowest BCUT2D eigenvalue weighted by atomic mass is 9.98. The van der Waals surface area contributed by atoms with E-state index in [1.54, 1.807) is 11.3 Å². The molecule has 0 spiro atoms. The number of hydrogen-bond acceptors (Lipinski definition) is 5. The van der Waals surface area contributed by atoms with Crippen molar-refractivity contribution < 1.29 is 18.7 Å². The van der Waals surface area contributed by atoms with E-state index in [4.69, 9.17) is 0 Å². The first-order valence-corrected chi connectivity index (χ1v) is 10.9. The molecule has 1 amide bonds. The second kappa shape index (κ2) is 10.4. The van der Waals surface area contributed by atoms with Gasteiger partial charge in [-0.2, -0.15) is 0 Å². The van der Waals surface area contributed by atoms with Gasteiger partial charge in [0.25, 0.3) is 0 Å². The number of aromatic nitrogens is 1. The van der Waals surface area contributed by atoms with Crippen LogP contribution < -0.4 is 10.6 Å². The van der Waals surface area contributed by atoms with Crippen molar-refractivity contribution in [2.75, 3.05) is 6.54 Å². The molecular weight excluding hydrogens is 408 g/mol. The molecule has 0 fully saturated rings. The van der Waals surface area contributed by atoms with Crippen molar-refractivity contribution >= 4 is 17.2 Å². The third-order valence-corrected chi connectivity index (χ3v) is 6.08. The molecule has 0 aliphatic rings. The second-order valence-electron chi connectivity index (χ2n) is 8.58. The Balaban J connectivity index is 2.06. The third kappa shape index (κ3) is 7.41. The number of hydrogen-bond donors (Lipinski definition) is 3. The fourth-order valence-electron chi connectivity index (χ4n) is 3.16. The Kier molecular flexibility index (Phi) is 8.46. The first-order chi connectivity index (χ1) is 14.0. The number of nitrogens with zero attached hydrogens (tertiary/aromatic N) is 1. The molecule has 1 aromatic carbocycles. The van der Waals surface area contributed by atoms with Gasteiger partial charge in [0.2, 0.25) is 5.91 Å². The minimum absolute atomic E-state index is 0.108. The van der Waals surface area contributed by atoms with Gasteiger partial charge in [0.15, 0.2) is 0 Å². The van der Waals surface area contributed by atoms with Crippen LogP contribution in [0.5, 0.6) is 0 Å². The minimum Gasteiger partial charge on any atom is -0.390 e. The van der Waals surface area contributed by atoms with E-state index >= 15 is 0 Å². The standard InChI is InChI=1S/C22H31F2N3O2S/c1-13(2)6-21-25-12-20(30-21)22(4,5)26-11-19(29)18(27-14(3)28)9-15-7-16(23)10-17(24)8-15/h7-8,10,12-13,18-19,26,29H,6,9,11H2,1-5H3,(H,27,28). The summed E-state index contributed by atoms with van der Waals surface area (Å²) in [6.07, 6.45) is 1.92. The molecule has 0 aliphatic heterocycles. The van der Waals surface area contributed by atoms with Crippen molar-refractivity contribution in [2.45, 2.75) is 65.1 Å². The molecule has 2 unspecified atom stereocenters. The molecule has 0 aliphatic carbocycles. The highest BCUT2D eigenvalue weighted by Gasteiger charge is 2.27. The molecule has 1 aromatic heterocycles. The number of carbonyl (C=O) groups is 1. The van der Waals surface area contributed by atoms with Crippen LogP contribution in [0.1, 0.15) is 50.1 Å². The van der Waals surface area contributed by atoms with Crippen molar-refractivity contribution in [2.24, 2.45) is 5.92 Å². The highest BCUT2D eigenvalue weighted by atomic mass is 32.1. The lowest BCUT2D eigenvalue weighted by Gasteiger charge is -2.30. The summed E-state index contributed by atoms with van der Waals surface area (Å²) in [5, 5.41) is 17.8. The SMILES string of the molecule is CC(=O)NC(Cc1cc(F)cc(F)c1)C(O)CNC(C)(C)c1cnc(CC(C)C)s1. The summed E-state index contributed by atoms with van der Waals surface area (Å²) in [6, 6.07) is 2.51. The summed E-state index contributed by atoms with van der Waals surface area (Å²) in [5.41, 5.74) is -0.0649. The van der Waals surface area contributed by atoms with Crippen molar-refractivity contribution in [3.63, 3.8) is 0 Å². The van der Waals surface area contributed by atoms with Gasteiger partial charge in [-0.15, -0.1) is 11.3 Å². The molecule has 166 valence electrons. The van der Waals surface area contributed by atoms with Gasteiger partial charge >= 0.3 is 0 Å². The van der Waals surface area contributed by atoms with Gasteiger partial charge < -0.3 is 15.7 Å². The van der Waals surface area contributed by atoms with E-state index in [-0.39, 0.29) is 18.9 Å². The van der Waals surface area contributed by atoms with Crippen molar-refractivity contribution in [3.8, 4) is 0 Å². The highest BCUT2D eigenvalue weighted by molar-refractivity contribution is 7.11. The zero-order valence-electron chi connectivity index (χ0n) is 18.1. The molecule has 8 heteroatoms. The zero-order valence-corrected chi connectivity index (χ0v) is 18.9. The fraction of sp³-hybridized carbons (Fsp3) is 0.545. The Bertz CT molecular complexity index is 834. The van der Waals surface area contributed by atoms with Crippen molar-refractivity contribution in [1.82, 2.24) is 15.6 Å². The molecule has 2 rings (SSSR count). The van der Waals surface area contributed by atoms with Crippen LogP contribution in [0.25, 0.3) is 0 Å². The number of aliphatic hydroxyl groups is 1. The van der Waals surface area contributed by atoms with Gasteiger partial charge in [0.1, 0.15) is 11.6 Å². The molecule has 0 radical (unpaired) electrons. The van der Waals surface area contributed by atoms with Crippen LogP contribution in [0.4, 0.5) is 8.78 Å². The molecule has 1 heterocycles. The Morgan fingerprint density at radius 1 is 1.20 bits per heavy atom. The maximum absolute atomic E-state index is 13.5. The third-order valence-electron chi connectivity index (χ3n) is 4.74. The van der Waals surface area contributed by atoms with Gasteiger partial charge in [-0.05, 0) is 43.9 Å². The summed E-state index contributed by atoms with van der Waals surface area (Å²) in [5.74, 6) is -1.19. The second-order valence-corrected chi connectivity index (χ2v) is 9.69.